The van der Waals surface area contributed by atoms with E-state index in [1.54, 1.807) is 12.1 Å². The molecule has 0 radical (unpaired) electrons. The number of hydrogen-bond donors (Lipinski definition) is 0. The van der Waals surface area contributed by atoms with Crippen molar-refractivity contribution in [2.24, 2.45) is 0 Å². The van der Waals surface area contributed by atoms with Crippen LogP contribution in [0.15, 0.2) is 48.5 Å². The summed E-state index contributed by atoms with van der Waals surface area (Å²) in [5, 5.41) is 0. The molecule has 0 bridgehead atoms. The van der Waals surface area contributed by atoms with E-state index in [1.807, 2.05) is 19.1 Å². The number of nitrogens with zero attached hydrogens (tertiary/aromatic N) is 2. The normalized spacial score (nSPS) is 14.7. The molecule has 1 heterocycles. The summed E-state index contributed by atoms with van der Waals surface area (Å²) in [5.41, 5.74) is 1.40. The highest BCUT2D eigenvalue weighted by molar-refractivity contribution is 5.92. The molecule has 45 heavy (non-hydrogen) atoms. The predicted molar refractivity (Wildman–Crippen MR) is 173 cm³/mol. The molecule has 0 N–H and O–H groups in total. The fourth-order valence-corrected chi connectivity index (χ4v) is 5.58. The van der Waals surface area contributed by atoms with Crippen molar-refractivity contribution in [2.75, 3.05) is 37.6 Å². The van der Waals surface area contributed by atoms with Crippen LogP contribution in [-0.4, -0.2) is 61.8 Å². The van der Waals surface area contributed by atoms with Crippen molar-refractivity contribution in [3.63, 3.8) is 0 Å². The van der Waals surface area contributed by atoms with E-state index in [0.717, 1.165) is 51.3 Å². The van der Waals surface area contributed by atoms with Gasteiger partial charge in [-0.05, 0) is 74.3 Å². The summed E-state index contributed by atoms with van der Waals surface area (Å²) >= 11 is 0. The van der Waals surface area contributed by atoms with Gasteiger partial charge in [-0.15, -0.1) is 0 Å². The first-order valence-corrected chi connectivity index (χ1v) is 16.9. The Kier molecular flexibility index (Phi) is 15.7. The molecule has 0 spiro atoms. The zero-order valence-corrected chi connectivity index (χ0v) is 27.1. The number of ether oxygens (including phenoxy) is 2. The molecule has 1 atom stereocenters. The van der Waals surface area contributed by atoms with Crippen LogP contribution in [0.5, 0.6) is 5.75 Å². The topological polar surface area (TPSA) is 59.1 Å². The molecule has 1 aliphatic heterocycles. The number of unbranched alkanes of at least 4 members (excludes halogenated alkanes) is 10. The van der Waals surface area contributed by atoms with Gasteiger partial charge in [0.2, 0.25) is 0 Å². The van der Waals surface area contributed by atoms with Gasteiger partial charge in [0.25, 0.3) is 0 Å². The van der Waals surface area contributed by atoms with Crippen LogP contribution in [0.4, 0.5) is 18.9 Å². The van der Waals surface area contributed by atoms with Gasteiger partial charge in [0.05, 0.1) is 11.1 Å². The van der Waals surface area contributed by atoms with Crippen molar-refractivity contribution < 1.29 is 32.2 Å². The van der Waals surface area contributed by atoms with Crippen LogP contribution in [0.1, 0.15) is 118 Å². The Labute approximate surface area is 267 Å². The van der Waals surface area contributed by atoms with Crippen LogP contribution in [0.2, 0.25) is 0 Å². The second kappa shape index (κ2) is 19.4. The molecule has 0 unspecified atom stereocenters. The summed E-state index contributed by atoms with van der Waals surface area (Å²) in [5.74, 6) is -1.44. The Morgan fingerprint density at radius 2 is 1.20 bits per heavy atom. The number of hydrogen-bond acceptors (Lipinski definition) is 6. The van der Waals surface area contributed by atoms with Crippen LogP contribution in [0.25, 0.3) is 0 Å². The Balaban J connectivity index is 1.40. The molecule has 6 nitrogen and oxygen atoms in total. The van der Waals surface area contributed by atoms with Crippen LogP contribution in [0, 0.1) is 0 Å². The van der Waals surface area contributed by atoms with Crippen molar-refractivity contribution >= 4 is 17.6 Å². The lowest BCUT2D eigenvalue weighted by molar-refractivity contribution is -0.206. The first-order valence-electron chi connectivity index (χ1n) is 16.9. The molecule has 0 amide bonds. The summed E-state index contributed by atoms with van der Waals surface area (Å²) in [6, 6.07) is 12.6. The van der Waals surface area contributed by atoms with E-state index in [0.29, 0.717) is 18.4 Å². The van der Waals surface area contributed by atoms with Gasteiger partial charge in [-0.1, -0.05) is 78.1 Å². The van der Waals surface area contributed by atoms with Crippen molar-refractivity contribution in [1.29, 1.82) is 0 Å². The van der Waals surface area contributed by atoms with Crippen molar-refractivity contribution in [3.8, 4) is 5.75 Å². The number of piperazine rings is 1. The number of anilines is 1. The van der Waals surface area contributed by atoms with Crippen LogP contribution < -0.4 is 9.64 Å². The summed E-state index contributed by atoms with van der Waals surface area (Å²) in [4.78, 5) is 30.0. The van der Waals surface area contributed by atoms with Crippen molar-refractivity contribution in [2.45, 2.75) is 110 Å². The number of alkyl halides is 3. The number of benzene rings is 2. The molecule has 2 aromatic carbocycles. The Morgan fingerprint density at radius 1 is 0.689 bits per heavy atom. The van der Waals surface area contributed by atoms with Crippen LogP contribution in [-0.2, 0) is 4.74 Å². The maximum absolute atomic E-state index is 13.4. The molecule has 0 aliphatic carbocycles. The molecule has 250 valence electrons. The summed E-state index contributed by atoms with van der Waals surface area (Å²) in [6.07, 6.45) is 6.31. The lowest BCUT2D eigenvalue weighted by Crippen LogP contribution is -2.46. The van der Waals surface area contributed by atoms with E-state index >= 15 is 0 Å². The predicted octanol–water partition coefficient (Wildman–Crippen LogP) is 9.23. The highest BCUT2D eigenvalue weighted by Gasteiger charge is 2.42. The third-order valence-corrected chi connectivity index (χ3v) is 8.40. The van der Waals surface area contributed by atoms with E-state index in [4.69, 9.17) is 9.47 Å². The lowest BCUT2D eigenvalue weighted by atomic mass is 10.1. The van der Waals surface area contributed by atoms with Gasteiger partial charge in [0.1, 0.15) is 5.75 Å². The van der Waals surface area contributed by atoms with Gasteiger partial charge in [-0.25, -0.2) is 9.59 Å². The standard InChI is InChI=1S/C36H51F3N2O4/c1-3-5-7-9-10-11-12-14-24-40-25-27-41(28-26-40)31-20-16-29(17-21-31)34(42)44-32-22-18-30(19-23-32)35(43)45-33(36(37,38)39)15-13-8-6-4-2/h16-23,33H,3-15,24-28H2,1-2H3/t33-/m1/s1. The second-order valence-corrected chi connectivity index (χ2v) is 12.0. The van der Waals surface area contributed by atoms with Gasteiger partial charge >= 0.3 is 18.1 Å². The van der Waals surface area contributed by atoms with Gasteiger partial charge in [0.15, 0.2) is 6.10 Å². The van der Waals surface area contributed by atoms with Crippen LogP contribution in [0.3, 0.4) is 0 Å². The van der Waals surface area contributed by atoms with Crippen molar-refractivity contribution in [1.82, 2.24) is 4.90 Å². The third-order valence-electron chi connectivity index (χ3n) is 8.40. The largest absolute Gasteiger partial charge is 0.449 e. The molecule has 0 aromatic heterocycles. The smallest absolute Gasteiger partial charge is 0.425 e. The zero-order valence-electron chi connectivity index (χ0n) is 27.1. The average molecular weight is 633 g/mol. The molecule has 9 heteroatoms. The van der Waals surface area contributed by atoms with Crippen molar-refractivity contribution in [3.05, 3.63) is 59.7 Å². The number of esters is 2. The quantitative estimate of drug-likeness (QED) is 0.0874. The van der Waals surface area contributed by atoms with Gasteiger partial charge in [-0.2, -0.15) is 13.2 Å². The highest BCUT2D eigenvalue weighted by atomic mass is 19.4. The Morgan fingerprint density at radius 3 is 1.78 bits per heavy atom. The first kappa shape index (κ1) is 36.4. The average Bonchev–Trinajstić information content (AvgIpc) is 3.04. The number of carbonyl (C=O) groups is 2. The first-order chi connectivity index (χ1) is 21.7. The van der Waals surface area contributed by atoms with E-state index in [9.17, 15) is 22.8 Å². The molecular formula is C36H51F3N2O4. The van der Waals surface area contributed by atoms with E-state index < -0.39 is 24.2 Å². The second-order valence-electron chi connectivity index (χ2n) is 12.0. The zero-order chi connectivity index (χ0) is 32.5. The minimum absolute atomic E-state index is 0.0418. The summed E-state index contributed by atoms with van der Waals surface area (Å²) < 4.78 is 50.4. The molecule has 0 saturated carbocycles. The summed E-state index contributed by atoms with van der Waals surface area (Å²) in [7, 11) is 0. The lowest BCUT2D eigenvalue weighted by Gasteiger charge is -2.36. The monoisotopic (exact) mass is 632 g/mol. The number of rotatable bonds is 19. The number of halogens is 3. The van der Waals surface area contributed by atoms with Gasteiger partial charge in [-0.3, -0.25) is 4.90 Å². The molecular weight excluding hydrogens is 581 g/mol. The van der Waals surface area contributed by atoms with E-state index in [-0.39, 0.29) is 17.7 Å². The minimum Gasteiger partial charge on any atom is -0.449 e. The molecule has 1 fully saturated rings. The fourth-order valence-electron chi connectivity index (χ4n) is 5.58. The molecule has 3 rings (SSSR count). The fraction of sp³-hybridized carbons (Fsp3) is 0.611. The Bertz CT molecular complexity index is 1130. The van der Waals surface area contributed by atoms with E-state index in [1.165, 1.54) is 75.6 Å². The third kappa shape index (κ3) is 13.1. The van der Waals surface area contributed by atoms with Gasteiger partial charge in [0, 0.05) is 31.9 Å². The maximum Gasteiger partial charge on any atom is 0.425 e. The Hall–Kier alpha value is -3.07. The van der Waals surface area contributed by atoms with E-state index in [2.05, 4.69) is 16.7 Å². The summed E-state index contributed by atoms with van der Waals surface area (Å²) in [6.45, 7) is 9.32. The molecule has 1 saturated heterocycles. The highest BCUT2D eigenvalue weighted by Crippen LogP contribution is 2.28. The maximum atomic E-state index is 13.4. The molecule has 1 aliphatic rings. The minimum atomic E-state index is -4.63. The number of carbonyl (C=O) groups excluding carboxylic acids is 2. The van der Waals surface area contributed by atoms with Gasteiger partial charge < -0.3 is 14.4 Å². The molecule has 2 aromatic rings. The van der Waals surface area contributed by atoms with Crippen LogP contribution >= 0.6 is 0 Å². The SMILES string of the molecule is CCCCCCCCCCN1CCN(c2ccc(C(=O)Oc3ccc(C(=O)O[C@H](CCCCCC)C(F)(F)F)cc3)cc2)CC1.